The van der Waals surface area contributed by atoms with E-state index in [4.69, 9.17) is 0 Å². The SMILES string of the molecule is CSc1nnc(NC(=O)c2cc(-c3ccc(C)cc3O)n[nH]2)s1. The summed E-state index contributed by atoms with van der Waals surface area (Å²) in [5, 5.41) is 27.6. The number of aromatic amines is 1. The normalized spacial score (nSPS) is 10.7. The van der Waals surface area contributed by atoms with Crippen molar-refractivity contribution < 1.29 is 9.90 Å². The number of amides is 1. The number of nitrogens with one attached hydrogen (secondary N) is 2. The molecule has 0 saturated carbocycles. The van der Waals surface area contributed by atoms with Gasteiger partial charge in [0.2, 0.25) is 5.13 Å². The fraction of sp³-hybridized carbons (Fsp3) is 0.143. The highest BCUT2D eigenvalue weighted by atomic mass is 32.2. The number of carbonyl (C=O) groups excluding carboxylic acids is 1. The Bertz CT molecular complexity index is 858. The third kappa shape index (κ3) is 3.35. The average molecular weight is 347 g/mol. The van der Waals surface area contributed by atoms with Gasteiger partial charge in [-0.15, -0.1) is 10.2 Å². The van der Waals surface area contributed by atoms with Crippen LogP contribution in [0.5, 0.6) is 5.75 Å². The van der Waals surface area contributed by atoms with Crippen LogP contribution in [0.15, 0.2) is 28.6 Å². The largest absolute Gasteiger partial charge is 0.507 e. The van der Waals surface area contributed by atoms with Crippen molar-refractivity contribution >= 4 is 34.1 Å². The number of carbonyl (C=O) groups is 1. The van der Waals surface area contributed by atoms with Crippen LogP contribution in [0, 0.1) is 6.92 Å². The zero-order valence-electron chi connectivity index (χ0n) is 12.3. The molecule has 118 valence electrons. The van der Waals surface area contributed by atoms with Gasteiger partial charge in [0.15, 0.2) is 4.34 Å². The first-order valence-electron chi connectivity index (χ1n) is 6.61. The quantitative estimate of drug-likeness (QED) is 0.495. The first-order valence-corrected chi connectivity index (χ1v) is 8.65. The maximum Gasteiger partial charge on any atom is 0.275 e. The number of thioether (sulfide) groups is 1. The molecule has 0 aliphatic heterocycles. The summed E-state index contributed by atoms with van der Waals surface area (Å²) < 4.78 is 0.773. The van der Waals surface area contributed by atoms with Gasteiger partial charge in [0.25, 0.3) is 5.91 Å². The summed E-state index contributed by atoms with van der Waals surface area (Å²) in [6.45, 7) is 1.89. The van der Waals surface area contributed by atoms with E-state index < -0.39 is 0 Å². The Morgan fingerprint density at radius 3 is 2.87 bits per heavy atom. The van der Waals surface area contributed by atoms with Crippen molar-refractivity contribution in [3.8, 4) is 17.0 Å². The van der Waals surface area contributed by atoms with Crippen molar-refractivity contribution in [1.29, 1.82) is 0 Å². The maximum absolute atomic E-state index is 12.2. The Morgan fingerprint density at radius 2 is 2.17 bits per heavy atom. The second-order valence-corrected chi connectivity index (χ2v) is 6.75. The lowest BCUT2D eigenvalue weighted by molar-refractivity contribution is 0.102. The van der Waals surface area contributed by atoms with E-state index in [0.717, 1.165) is 9.90 Å². The number of benzene rings is 1. The highest BCUT2D eigenvalue weighted by molar-refractivity contribution is 8.00. The molecular formula is C14H13N5O2S2. The predicted molar refractivity (Wildman–Crippen MR) is 90.1 cm³/mol. The Kier molecular flexibility index (Phi) is 4.30. The van der Waals surface area contributed by atoms with Crippen molar-refractivity contribution in [2.24, 2.45) is 0 Å². The molecule has 0 aliphatic rings. The number of phenols is 1. The van der Waals surface area contributed by atoms with Gasteiger partial charge in [0.1, 0.15) is 11.4 Å². The van der Waals surface area contributed by atoms with Gasteiger partial charge in [-0.25, -0.2) is 0 Å². The minimum absolute atomic E-state index is 0.122. The number of hydrogen-bond acceptors (Lipinski definition) is 7. The van der Waals surface area contributed by atoms with Gasteiger partial charge in [0.05, 0.1) is 5.69 Å². The molecule has 2 heterocycles. The lowest BCUT2D eigenvalue weighted by Gasteiger charge is -2.01. The van der Waals surface area contributed by atoms with Crippen LogP contribution >= 0.6 is 23.1 Å². The number of H-pyrrole nitrogens is 1. The van der Waals surface area contributed by atoms with E-state index in [1.165, 1.54) is 23.1 Å². The molecule has 1 aromatic carbocycles. The molecule has 0 fully saturated rings. The van der Waals surface area contributed by atoms with E-state index >= 15 is 0 Å². The molecule has 7 nitrogen and oxygen atoms in total. The zero-order valence-corrected chi connectivity index (χ0v) is 14.0. The molecule has 3 N–H and O–H groups in total. The molecule has 0 saturated heterocycles. The number of aromatic nitrogens is 4. The smallest absolute Gasteiger partial charge is 0.275 e. The van der Waals surface area contributed by atoms with Crippen molar-refractivity contribution in [3.05, 3.63) is 35.5 Å². The number of anilines is 1. The van der Waals surface area contributed by atoms with Crippen LogP contribution in [0.1, 0.15) is 16.1 Å². The van der Waals surface area contributed by atoms with Crippen LogP contribution in [-0.4, -0.2) is 37.7 Å². The van der Waals surface area contributed by atoms with Crippen LogP contribution in [0.2, 0.25) is 0 Å². The minimum Gasteiger partial charge on any atom is -0.507 e. The molecule has 9 heteroatoms. The molecular weight excluding hydrogens is 334 g/mol. The first-order chi connectivity index (χ1) is 11.1. The Hall–Kier alpha value is -2.39. The fourth-order valence-corrected chi connectivity index (χ4v) is 3.11. The van der Waals surface area contributed by atoms with Crippen LogP contribution < -0.4 is 5.32 Å². The number of aryl methyl sites for hydroxylation is 1. The van der Waals surface area contributed by atoms with E-state index in [1.54, 1.807) is 18.2 Å². The van der Waals surface area contributed by atoms with Gasteiger partial charge in [-0.3, -0.25) is 15.2 Å². The Labute approximate surface area is 140 Å². The fourth-order valence-electron chi connectivity index (χ4n) is 1.94. The van der Waals surface area contributed by atoms with Gasteiger partial charge in [-0.05, 0) is 36.9 Å². The first kappa shape index (κ1) is 15.5. The molecule has 23 heavy (non-hydrogen) atoms. The summed E-state index contributed by atoms with van der Waals surface area (Å²) in [5.74, 6) is -0.239. The molecule has 3 rings (SSSR count). The van der Waals surface area contributed by atoms with Crippen LogP contribution in [-0.2, 0) is 0 Å². The second-order valence-electron chi connectivity index (χ2n) is 4.72. The highest BCUT2D eigenvalue weighted by Crippen LogP contribution is 2.29. The van der Waals surface area contributed by atoms with Crippen molar-refractivity contribution in [3.63, 3.8) is 0 Å². The van der Waals surface area contributed by atoms with E-state index in [0.29, 0.717) is 16.4 Å². The van der Waals surface area contributed by atoms with E-state index in [1.807, 2.05) is 19.2 Å². The standard InChI is InChI=1S/C14H13N5O2S2/c1-7-3-4-8(11(20)5-7)9-6-10(17-16-9)12(21)15-13-18-19-14(22-2)23-13/h3-6,20H,1-2H3,(H,16,17)(H,15,18,21). The van der Waals surface area contributed by atoms with E-state index in [-0.39, 0.29) is 17.4 Å². The summed E-state index contributed by atoms with van der Waals surface area (Å²) in [6, 6.07) is 6.86. The monoisotopic (exact) mass is 347 g/mol. The number of nitrogens with zero attached hydrogens (tertiary/aromatic N) is 3. The van der Waals surface area contributed by atoms with Crippen molar-refractivity contribution in [2.75, 3.05) is 11.6 Å². The van der Waals surface area contributed by atoms with E-state index in [9.17, 15) is 9.90 Å². The molecule has 2 aromatic heterocycles. The molecule has 0 radical (unpaired) electrons. The number of phenolic OH excluding ortho intramolecular Hbond substituents is 1. The van der Waals surface area contributed by atoms with Gasteiger partial charge < -0.3 is 5.11 Å². The molecule has 0 bridgehead atoms. The average Bonchev–Trinajstić information content (AvgIpc) is 3.16. The van der Waals surface area contributed by atoms with E-state index in [2.05, 4.69) is 25.7 Å². The molecule has 0 spiro atoms. The highest BCUT2D eigenvalue weighted by Gasteiger charge is 2.15. The van der Waals surface area contributed by atoms with Crippen LogP contribution in [0.25, 0.3) is 11.3 Å². The molecule has 3 aromatic rings. The summed E-state index contributed by atoms with van der Waals surface area (Å²) in [4.78, 5) is 12.2. The van der Waals surface area contributed by atoms with Crippen LogP contribution in [0.4, 0.5) is 5.13 Å². The molecule has 0 atom stereocenters. The minimum atomic E-state index is -0.362. The van der Waals surface area contributed by atoms with Crippen LogP contribution in [0.3, 0.4) is 0 Å². The summed E-state index contributed by atoms with van der Waals surface area (Å²) in [7, 11) is 0. The number of hydrogen-bond donors (Lipinski definition) is 3. The summed E-state index contributed by atoms with van der Waals surface area (Å²) in [5.41, 5.74) is 2.28. The van der Waals surface area contributed by atoms with Gasteiger partial charge >= 0.3 is 0 Å². The lowest BCUT2D eigenvalue weighted by Crippen LogP contribution is -2.12. The molecule has 1 amide bonds. The summed E-state index contributed by atoms with van der Waals surface area (Å²) in [6.07, 6.45) is 1.89. The lowest BCUT2D eigenvalue weighted by atomic mass is 10.1. The van der Waals surface area contributed by atoms with Crippen molar-refractivity contribution in [2.45, 2.75) is 11.3 Å². The Morgan fingerprint density at radius 1 is 1.35 bits per heavy atom. The predicted octanol–water partition coefficient (Wildman–Crippen LogP) is 2.92. The number of aromatic hydroxyl groups is 1. The van der Waals surface area contributed by atoms with Crippen molar-refractivity contribution in [1.82, 2.24) is 20.4 Å². The van der Waals surface area contributed by atoms with Gasteiger partial charge in [-0.2, -0.15) is 5.10 Å². The van der Waals surface area contributed by atoms with Gasteiger partial charge in [0, 0.05) is 5.56 Å². The Balaban J connectivity index is 1.79. The zero-order chi connectivity index (χ0) is 16.4. The molecule has 0 aliphatic carbocycles. The number of rotatable bonds is 4. The second kappa shape index (κ2) is 6.39. The summed E-state index contributed by atoms with van der Waals surface area (Å²) >= 11 is 2.76. The van der Waals surface area contributed by atoms with Gasteiger partial charge in [-0.1, -0.05) is 29.2 Å². The maximum atomic E-state index is 12.2. The third-order valence-electron chi connectivity index (χ3n) is 3.05. The molecule has 0 unspecified atom stereocenters. The topological polar surface area (TPSA) is 104 Å². The third-order valence-corrected chi connectivity index (χ3v) is 4.87.